The van der Waals surface area contributed by atoms with Crippen molar-refractivity contribution in [3.05, 3.63) is 45.6 Å². The van der Waals surface area contributed by atoms with Gasteiger partial charge in [0.25, 0.3) is 0 Å². The Hall–Kier alpha value is -1.65. The van der Waals surface area contributed by atoms with E-state index in [2.05, 4.69) is 28.3 Å². The molecule has 0 bridgehead atoms. The summed E-state index contributed by atoms with van der Waals surface area (Å²) in [6, 6.07) is 7.94. The number of anilines is 2. The second-order valence-corrected chi connectivity index (χ2v) is 6.37. The van der Waals surface area contributed by atoms with Gasteiger partial charge in [-0.3, -0.25) is 0 Å². The summed E-state index contributed by atoms with van der Waals surface area (Å²) in [5.74, 6) is 1.60. The van der Waals surface area contributed by atoms with Gasteiger partial charge in [-0.1, -0.05) is 17.7 Å². The highest BCUT2D eigenvalue weighted by Crippen LogP contribution is 2.32. The molecule has 0 radical (unpaired) electrons. The Labute approximate surface area is 126 Å². The Morgan fingerprint density at radius 2 is 1.95 bits per heavy atom. The first-order chi connectivity index (χ1) is 9.54. The molecule has 0 aliphatic rings. The van der Waals surface area contributed by atoms with Crippen molar-refractivity contribution in [2.45, 2.75) is 20.8 Å². The van der Waals surface area contributed by atoms with Gasteiger partial charge < -0.3 is 5.32 Å². The molecule has 0 aliphatic heterocycles. The number of hydrogen-bond acceptors (Lipinski definition) is 4. The van der Waals surface area contributed by atoms with Gasteiger partial charge in [0.15, 0.2) is 0 Å². The highest BCUT2D eigenvalue weighted by atomic mass is 35.5. The molecule has 20 heavy (non-hydrogen) atoms. The summed E-state index contributed by atoms with van der Waals surface area (Å²) in [5, 5.41) is 5.18. The molecule has 3 rings (SSSR count). The van der Waals surface area contributed by atoms with Gasteiger partial charge in [-0.2, -0.15) is 0 Å². The van der Waals surface area contributed by atoms with E-state index in [0.717, 1.165) is 38.1 Å². The van der Waals surface area contributed by atoms with E-state index < -0.39 is 0 Å². The number of fused-ring (bicyclic) bond motifs is 1. The number of thiophene rings is 1. The van der Waals surface area contributed by atoms with Crippen molar-refractivity contribution in [1.82, 2.24) is 9.97 Å². The first-order valence-corrected chi connectivity index (χ1v) is 7.51. The molecule has 2 heterocycles. The fraction of sp³-hybridized carbons (Fsp3) is 0.200. The number of aryl methyl sites for hydroxylation is 2. The first-order valence-electron chi connectivity index (χ1n) is 6.31. The third-order valence-corrected chi connectivity index (χ3v) is 4.50. The molecule has 0 fully saturated rings. The second kappa shape index (κ2) is 5.04. The maximum absolute atomic E-state index is 6.16. The zero-order chi connectivity index (χ0) is 14.3. The van der Waals surface area contributed by atoms with Gasteiger partial charge in [0, 0.05) is 15.6 Å². The van der Waals surface area contributed by atoms with E-state index in [4.69, 9.17) is 11.6 Å². The Morgan fingerprint density at radius 3 is 2.75 bits per heavy atom. The van der Waals surface area contributed by atoms with Crippen LogP contribution in [-0.4, -0.2) is 9.97 Å². The van der Waals surface area contributed by atoms with Crippen LogP contribution in [0.3, 0.4) is 0 Å². The van der Waals surface area contributed by atoms with Crippen LogP contribution >= 0.6 is 22.9 Å². The van der Waals surface area contributed by atoms with Crippen LogP contribution in [0.2, 0.25) is 5.02 Å². The third kappa shape index (κ3) is 2.37. The maximum atomic E-state index is 6.16. The van der Waals surface area contributed by atoms with Crippen LogP contribution in [-0.2, 0) is 0 Å². The van der Waals surface area contributed by atoms with Crippen molar-refractivity contribution in [2.24, 2.45) is 0 Å². The van der Waals surface area contributed by atoms with Crippen molar-refractivity contribution in [3.8, 4) is 0 Å². The lowest BCUT2D eigenvalue weighted by molar-refractivity contribution is 1.10. The van der Waals surface area contributed by atoms with Crippen molar-refractivity contribution in [2.75, 3.05) is 5.32 Å². The van der Waals surface area contributed by atoms with E-state index >= 15 is 0 Å². The lowest BCUT2D eigenvalue weighted by atomic mass is 10.2. The molecule has 0 amide bonds. The van der Waals surface area contributed by atoms with E-state index in [-0.39, 0.29) is 0 Å². The molecule has 3 aromatic rings. The Kier molecular flexibility index (Phi) is 3.36. The van der Waals surface area contributed by atoms with Gasteiger partial charge in [0.2, 0.25) is 0 Å². The minimum Gasteiger partial charge on any atom is -0.339 e. The van der Waals surface area contributed by atoms with Gasteiger partial charge in [0.1, 0.15) is 16.5 Å². The zero-order valence-corrected chi connectivity index (χ0v) is 13.1. The fourth-order valence-electron chi connectivity index (χ4n) is 2.11. The molecule has 0 spiro atoms. The maximum Gasteiger partial charge on any atom is 0.142 e. The van der Waals surface area contributed by atoms with Crippen molar-refractivity contribution < 1.29 is 0 Å². The second-order valence-electron chi connectivity index (χ2n) is 4.73. The molecule has 0 saturated carbocycles. The average Bonchev–Trinajstić information content (AvgIpc) is 2.75. The summed E-state index contributed by atoms with van der Waals surface area (Å²) in [4.78, 5) is 11.2. The molecule has 3 nitrogen and oxygen atoms in total. The van der Waals surface area contributed by atoms with E-state index in [0.29, 0.717) is 0 Å². The molecule has 1 N–H and O–H groups in total. The first kappa shape index (κ1) is 13.3. The minimum atomic E-state index is 0.749. The van der Waals surface area contributed by atoms with Crippen LogP contribution in [0.4, 0.5) is 11.5 Å². The smallest absolute Gasteiger partial charge is 0.142 e. The number of hydrogen-bond donors (Lipinski definition) is 1. The predicted molar refractivity (Wildman–Crippen MR) is 86.4 cm³/mol. The van der Waals surface area contributed by atoms with Crippen LogP contribution in [0.1, 0.15) is 16.3 Å². The molecule has 0 atom stereocenters. The van der Waals surface area contributed by atoms with Crippen molar-refractivity contribution in [1.29, 1.82) is 0 Å². The molecular weight excluding hydrogens is 290 g/mol. The fourth-order valence-corrected chi connectivity index (χ4v) is 3.21. The quantitative estimate of drug-likeness (QED) is 0.723. The monoisotopic (exact) mass is 303 g/mol. The molecule has 0 aliphatic carbocycles. The zero-order valence-electron chi connectivity index (χ0n) is 11.5. The molecular formula is C15H14ClN3S. The van der Waals surface area contributed by atoms with E-state index in [1.54, 1.807) is 11.3 Å². The molecule has 0 unspecified atom stereocenters. The number of nitrogens with one attached hydrogen (secondary N) is 1. The minimum absolute atomic E-state index is 0.749. The van der Waals surface area contributed by atoms with Crippen LogP contribution in [0.25, 0.3) is 10.2 Å². The average molecular weight is 304 g/mol. The highest BCUT2D eigenvalue weighted by molar-refractivity contribution is 7.18. The SMILES string of the molecule is Cc1nc(Nc2cccc(Cl)c2C)c2cc(C)sc2n1. The number of halogens is 1. The van der Waals surface area contributed by atoms with Gasteiger partial charge in [-0.15, -0.1) is 11.3 Å². The third-order valence-electron chi connectivity index (χ3n) is 3.15. The topological polar surface area (TPSA) is 37.8 Å². The Balaban J connectivity index is 2.12. The molecule has 102 valence electrons. The van der Waals surface area contributed by atoms with Gasteiger partial charge in [-0.25, -0.2) is 9.97 Å². The molecule has 1 aromatic carbocycles. The summed E-state index contributed by atoms with van der Waals surface area (Å²) >= 11 is 7.84. The standard InChI is InChI=1S/C15H14ClN3S/c1-8-7-11-14(17-10(3)18-15(11)20-8)19-13-6-4-5-12(16)9(13)2/h4-7H,1-3H3,(H,17,18,19). The predicted octanol–water partition coefficient (Wildman–Crippen LogP) is 5.01. The Morgan fingerprint density at radius 1 is 1.15 bits per heavy atom. The number of benzene rings is 1. The van der Waals surface area contributed by atoms with Crippen LogP contribution < -0.4 is 5.32 Å². The van der Waals surface area contributed by atoms with Crippen LogP contribution in [0.15, 0.2) is 24.3 Å². The Bertz CT molecular complexity index is 795. The normalized spacial score (nSPS) is 11.0. The lowest BCUT2D eigenvalue weighted by Crippen LogP contribution is -1.99. The van der Waals surface area contributed by atoms with Gasteiger partial charge in [-0.05, 0) is 44.5 Å². The summed E-state index contributed by atoms with van der Waals surface area (Å²) in [6.45, 7) is 5.98. The molecule has 5 heteroatoms. The van der Waals surface area contributed by atoms with E-state index in [1.165, 1.54) is 4.88 Å². The number of aromatic nitrogens is 2. The van der Waals surface area contributed by atoms with Crippen LogP contribution in [0.5, 0.6) is 0 Å². The van der Waals surface area contributed by atoms with E-state index in [1.807, 2.05) is 32.0 Å². The largest absolute Gasteiger partial charge is 0.339 e. The van der Waals surface area contributed by atoms with E-state index in [9.17, 15) is 0 Å². The summed E-state index contributed by atoms with van der Waals surface area (Å²) in [5.41, 5.74) is 1.99. The van der Waals surface area contributed by atoms with Gasteiger partial charge in [0.05, 0.1) is 5.39 Å². The number of nitrogens with zero attached hydrogens (tertiary/aromatic N) is 2. The summed E-state index contributed by atoms with van der Waals surface area (Å²) in [7, 11) is 0. The van der Waals surface area contributed by atoms with Crippen molar-refractivity contribution in [3.63, 3.8) is 0 Å². The lowest BCUT2D eigenvalue weighted by Gasteiger charge is -2.11. The highest BCUT2D eigenvalue weighted by Gasteiger charge is 2.10. The van der Waals surface area contributed by atoms with Gasteiger partial charge >= 0.3 is 0 Å². The van der Waals surface area contributed by atoms with Crippen LogP contribution in [0, 0.1) is 20.8 Å². The molecule has 2 aromatic heterocycles. The summed E-state index contributed by atoms with van der Waals surface area (Å²) < 4.78 is 0. The number of rotatable bonds is 2. The molecule has 0 saturated heterocycles. The summed E-state index contributed by atoms with van der Waals surface area (Å²) in [6.07, 6.45) is 0. The van der Waals surface area contributed by atoms with Crippen molar-refractivity contribution >= 4 is 44.7 Å².